The predicted octanol–water partition coefficient (Wildman–Crippen LogP) is 2.85. The summed E-state index contributed by atoms with van der Waals surface area (Å²) in [7, 11) is 0. The van der Waals surface area contributed by atoms with Crippen LogP contribution in [0.25, 0.3) is 0 Å². The Morgan fingerprint density at radius 1 is 1.53 bits per heavy atom. The topological polar surface area (TPSA) is 40.5 Å². The maximum Gasteiger partial charge on any atom is 0.257 e. The molecule has 1 aliphatic heterocycles. The van der Waals surface area contributed by atoms with E-state index in [9.17, 15) is 14.3 Å². The van der Waals surface area contributed by atoms with Crippen LogP contribution in [0.4, 0.5) is 4.39 Å². The van der Waals surface area contributed by atoms with Gasteiger partial charge in [-0.1, -0.05) is 17.7 Å². The second-order valence-corrected chi connectivity index (χ2v) is 5.82. The number of benzene rings is 1. The van der Waals surface area contributed by atoms with Crippen molar-refractivity contribution in [3.05, 3.63) is 34.6 Å². The average molecular weight is 286 g/mol. The van der Waals surface area contributed by atoms with Gasteiger partial charge in [-0.25, -0.2) is 4.39 Å². The quantitative estimate of drug-likeness (QED) is 0.908. The van der Waals surface area contributed by atoms with Crippen molar-refractivity contribution in [2.75, 3.05) is 6.54 Å². The minimum Gasteiger partial charge on any atom is -0.388 e. The minimum atomic E-state index is -0.999. The second kappa shape index (κ2) is 5.10. The van der Waals surface area contributed by atoms with Crippen LogP contribution in [0.15, 0.2) is 18.2 Å². The molecule has 0 radical (unpaired) electrons. The molecule has 1 amide bonds. The highest BCUT2D eigenvalue weighted by molar-refractivity contribution is 6.31. The first-order valence-corrected chi connectivity index (χ1v) is 6.67. The first-order valence-electron chi connectivity index (χ1n) is 6.29. The van der Waals surface area contributed by atoms with Gasteiger partial charge in [-0.2, -0.15) is 0 Å². The van der Waals surface area contributed by atoms with Gasteiger partial charge in [0.1, 0.15) is 0 Å². The molecule has 1 N–H and O–H groups in total. The van der Waals surface area contributed by atoms with Crippen molar-refractivity contribution in [2.24, 2.45) is 0 Å². The molecule has 0 aromatic heterocycles. The summed E-state index contributed by atoms with van der Waals surface area (Å²) in [6.45, 7) is 3.86. The van der Waals surface area contributed by atoms with Gasteiger partial charge in [0, 0.05) is 6.54 Å². The lowest BCUT2D eigenvalue weighted by Crippen LogP contribution is -2.48. The SMILES string of the molecule is CC(C)(O)C1CCCN1C(=O)c1cccc(Cl)c1F. The lowest BCUT2D eigenvalue weighted by atomic mass is 9.96. The summed E-state index contributed by atoms with van der Waals surface area (Å²) < 4.78 is 13.9. The lowest BCUT2D eigenvalue weighted by molar-refractivity contribution is 0.000160. The van der Waals surface area contributed by atoms with Crippen molar-refractivity contribution in [1.82, 2.24) is 4.90 Å². The van der Waals surface area contributed by atoms with Gasteiger partial charge in [-0.15, -0.1) is 0 Å². The van der Waals surface area contributed by atoms with Crippen molar-refractivity contribution in [2.45, 2.75) is 38.3 Å². The van der Waals surface area contributed by atoms with Crippen LogP contribution in [0.5, 0.6) is 0 Å². The van der Waals surface area contributed by atoms with E-state index in [0.717, 1.165) is 12.8 Å². The summed E-state index contributed by atoms with van der Waals surface area (Å²) in [5, 5.41) is 10.0. The largest absolute Gasteiger partial charge is 0.388 e. The summed E-state index contributed by atoms with van der Waals surface area (Å²) in [5.74, 6) is -1.11. The molecule has 0 saturated carbocycles. The molecule has 0 bridgehead atoms. The Balaban J connectivity index is 2.31. The lowest BCUT2D eigenvalue weighted by Gasteiger charge is -2.33. The number of hydrogen-bond donors (Lipinski definition) is 1. The predicted molar refractivity (Wildman–Crippen MR) is 71.8 cm³/mol. The number of carbonyl (C=O) groups is 1. The fraction of sp³-hybridized carbons (Fsp3) is 0.500. The van der Waals surface area contributed by atoms with Gasteiger partial charge in [0.15, 0.2) is 5.82 Å². The summed E-state index contributed by atoms with van der Waals surface area (Å²) in [5.41, 5.74) is -1.04. The van der Waals surface area contributed by atoms with Crippen LogP contribution in [-0.4, -0.2) is 34.1 Å². The Morgan fingerprint density at radius 3 is 2.84 bits per heavy atom. The molecule has 19 heavy (non-hydrogen) atoms. The smallest absolute Gasteiger partial charge is 0.257 e. The number of rotatable bonds is 2. The van der Waals surface area contributed by atoms with Crippen LogP contribution in [0.3, 0.4) is 0 Å². The van der Waals surface area contributed by atoms with E-state index in [4.69, 9.17) is 11.6 Å². The summed E-state index contributed by atoms with van der Waals surface area (Å²) in [4.78, 5) is 13.9. The van der Waals surface area contributed by atoms with Gasteiger partial charge in [0.25, 0.3) is 5.91 Å². The van der Waals surface area contributed by atoms with Crippen LogP contribution >= 0.6 is 11.6 Å². The Morgan fingerprint density at radius 2 is 2.21 bits per heavy atom. The maximum atomic E-state index is 13.9. The number of likely N-dealkylation sites (tertiary alicyclic amines) is 1. The first kappa shape index (κ1) is 14.3. The molecular formula is C14H17ClFNO2. The number of aliphatic hydroxyl groups is 1. The number of hydrogen-bond acceptors (Lipinski definition) is 2. The van der Waals surface area contributed by atoms with Gasteiger partial charge in [0.05, 0.1) is 22.2 Å². The maximum absolute atomic E-state index is 13.9. The molecule has 1 aromatic carbocycles. The number of halogens is 2. The molecule has 1 saturated heterocycles. The molecule has 1 atom stereocenters. The zero-order valence-electron chi connectivity index (χ0n) is 11.0. The Bertz CT molecular complexity index is 499. The second-order valence-electron chi connectivity index (χ2n) is 5.41. The first-order chi connectivity index (χ1) is 8.82. The zero-order valence-corrected chi connectivity index (χ0v) is 11.7. The molecule has 5 heteroatoms. The highest BCUT2D eigenvalue weighted by Gasteiger charge is 2.39. The van der Waals surface area contributed by atoms with Crippen LogP contribution in [0, 0.1) is 5.82 Å². The molecule has 0 aliphatic carbocycles. The third-order valence-electron chi connectivity index (χ3n) is 3.51. The molecule has 1 unspecified atom stereocenters. The third-order valence-corrected chi connectivity index (χ3v) is 3.80. The molecule has 1 aromatic rings. The van der Waals surface area contributed by atoms with Crippen molar-refractivity contribution in [3.8, 4) is 0 Å². The van der Waals surface area contributed by atoms with E-state index in [0.29, 0.717) is 6.54 Å². The number of amides is 1. The molecule has 1 fully saturated rings. The van der Waals surface area contributed by atoms with Crippen molar-refractivity contribution < 1.29 is 14.3 Å². The molecule has 2 rings (SSSR count). The van der Waals surface area contributed by atoms with Crippen LogP contribution in [0.2, 0.25) is 5.02 Å². The number of carbonyl (C=O) groups excluding carboxylic acids is 1. The van der Waals surface area contributed by atoms with E-state index in [1.54, 1.807) is 19.9 Å². The molecule has 104 valence electrons. The third kappa shape index (κ3) is 2.74. The van der Waals surface area contributed by atoms with Crippen molar-refractivity contribution in [1.29, 1.82) is 0 Å². The Kier molecular flexibility index (Phi) is 3.83. The van der Waals surface area contributed by atoms with E-state index in [1.807, 2.05) is 0 Å². The monoisotopic (exact) mass is 285 g/mol. The Labute approximate surface area is 117 Å². The van der Waals surface area contributed by atoms with Gasteiger partial charge in [0.2, 0.25) is 0 Å². The van der Waals surface area contributed by atoms with E-state index < -0.39 is 17.3 Å². The minimum absolute atomic E-state index is 0.0383. The average Bonchev–Trinajstić information content (AvgIpc) is 2.80. The fourth-order valence-electron chi connectivity index (χ4n) is 2.57. The van der Waals surface area contributed by atoms with Crippen molar-refractivity contribution >= 4 is 17.5 Å². The van der Waals surface area contributed by atoms with Gasteiger partial charge >= 0.3 is 0 Å². The van der Waals surface area contributed by atoms with Crippen LogP contribution < -0.4 is 0 Å². The highest BCUT2D eigenvalue weighted by Crippen LogP contribution is 2.29. The molecular weight excluding hydrogens is 269 g/mol. The van der Waals surface area contributed by atoms with Crippen LogP contribution in [0.1, 0.15) is 37.0 Å². The van der Waals surface area contributed by atoms with E-state index >= 15 is 0 Å². The number of nitrogens with zero attached hydrogens (tertiary/aromatic N) is 1. The van der Waals surface area contributed by atoms with E-state index in [-0.39, 0.29) is 16.6 Å². The normalized spacial score (nSPS) is 19.8. The van der Waals surface area contributed by atoms with Gasteiger partial charge < -0.3 is 10.0 Å². The Hall–Kier alpha value is -1.13. The van der Waals surface area contributed by atoms with Crippen molar-refractivity contribution in [3.63, 3.8) is 0 Å². The molecule has 1 heterocycles. The fourth-order valence-corrected chi connectivity index (χ4v) is 2.74. The highest BCUT2D eigenvalue weighted by atomic mass is 35.5. The van der Waals surface area contributed by atoms with Crippen LogP contribution in [-0.2, 0) is 0 Å². The van der Waals surface area contributed by atoms with Gasteiger partial charge in [-0.3, -0.25) is 4.79 Å². The summed E-state index contributed by atoms with van der Waals surface area (Å²) in [6.07, 6.45) is 1.53. The summed E-state index contributed by atoms with van der Waals surface area (Å²) in [6, 6.07) is 4.08. The summed E-state index contributed by atoms with van der Waals surface area (Å²) >= 11 is 5.70. The zero-order chi connectivity index (χ0) is 14.2. The molecule has 1 aliphatic rings. The van der Waals surface area contributed by atoms with E-state index in [1.165, 1.54) is 17.0 Å². The van der Waals surface area contributed by atoms with E-state index in [2.05, 4.69) is 0 Å². The molecule has 3 nitrogen and oxygen atoms in total. The standard InChI is InChI=1S/C14H17ClFNO2/c1-14(2,19)11-7-4-8-17(11)13(18)9-5-3-6-10(15)12(9)16/h3,5-6,11,19H,4,7-8H2,1-2H3. The van der Waals surface area contributed by atoms with Gasteiger partial charge in [-0.05, 0) is 38.8 Å². The molecule has 0 spiro atoms.